The number of carbonyl (C=O) groups is 1. The largest absolute Gasteiger partial charge is 0.388 e. The fraction of sp³-hybridized carbons (Fsp3) is 0.409. The summed E-state index contributed by atoms with van der Waals surface area (Å²) >= 11 is 0. The predicted octanol–water partition coefficient (Wildman–Crippen LogP) is 3.50. The quantitative estimate of drug-likeness (QED) is 0.228. The van der Waals surface area contributed by atoms with E-state index in [1.807, 2.05) is 43.3 Å². The van der Waals surface area contributed by atoms with E-state index in [0.717, 1.165) is 18.0 Å². The van der Waals surface area contributed by atoms with Gasteiger partial charge in [0.25, 0.3) is 5.91 Å². The van der Waals surface area contributed by atoms with Gasteiger partial charge in [0.1, 0.15) is 6.10 Å². The summed E-state index contributed by atoms with van der Waals surface area (Å²) in [5.74, 6) is -0.215. The first-order valence-corrected chi connectivity index (χ1v) is 12.4. The second-order valence-electron chi connectivity index (χ2n) is 7.59. The molecule has 2 aromatic carbocycles. The fourth-order valence-electron chi connectivity index (χ4n) is 2.58. The van der Waals surface area contributed by atoms with Crippen molar-refractivity contribution in [2.75, 3.05) is 52.0 Å². The van der Waals surface area contributed by atoms with Crippen molar-refractivity contribution in [3.05, 3.63) is 54.1 Å². The van der Waals surface area contributed by atoms with Gasteiger partial charge in [-0.25, -0.2) is 0 Å². The van der Waals surface area contributed by atoms with Crippen molar-refractivity contribution < 1.29 is 28.6 Å². The molecule has 3 N–H and O–H groups in total. The monoisotopic (exact) mass is 478 g/mol. The molecule has 0 radical (unpaired) electrons. The van der Waals surface area contributed by atoms with Gasteiger partial charge in [-0.1, -0.05) is 0 Å². The van der Waals surface area contributed by atoms with Crippen molar-refractivity contribution in [1.29, 1.82) is 0 Å². The standard InChI is InChI=1S/C22H31N4O6P/c1-26(2)20-11-9-19(10-12-20)25-24-18-7-5-17(6-8-18)22(28)23-13-4-14-31-15-21(27)16-32-33(3,29)30/h5-12,21,27H,4,13-16H2,1-3H3,(H,23,28)(H,29,30). The van der Waals surface area contributed by atoms with Gasteiger partial charge in [-0.3, -0.25) is 9.36 Å². The Kier molecular flexibility index (Phi) is 10.6. The zero-order valence-electron chi connectivity index (χ0n) is 19.0. The summed E-state index contributed by atoms with van der Waals surface area (Å²) in [4.78, 5) is 23.2. The minimum atomic E-state index is -3.61. The van der Waals surface area contributed by atoms with Gasteiger partial charge in [-0.05, 0) is 55.0 Å². The SMILES string of the molecule is CN(C)c1ccc(N=Nc2ccc(C(=O)NCCCOCC(O)COP(C)(=O)O)cc2)cc1. The highest BCUT2D eigenvalue weighted by molar-refractivity contribution is 7.51. The second kappa shape index (κ2) is 13.2. The average Bonchev–Trinajstić information content (AvgIpc) is 2.78. The lowest BCUT2D eigenvalue weighted by molar-refractivity contribution is 0.00973. The fourth-order valence-corrected chi connectivity index (χ4v) is 3.03. The van der Waals surface area contributed by atoms with Gasteiger partial charge in [0.15, 0.2) is 0 Å². The van der Waals surface area contributed by atoms with E-state index in [2.05, 4.69) is 20.1 Å². The van der Waals surface area contributed by atoms with Crippen LogP contribution in [0.25, 0.3) is 0 Å². The molecule has 0 saturated carbocycles. The van der Waals surface area contributed by atoms with Crippen LogP contribution in [-0.2, 0) is 13.8 Å². The van der Waals surface area contributed by atoms with Crippen molar-refractivity contribution in [1.82, 2.24) is 5.32 Å². The van der Waals surface area contributed by atoms with Crippen LogP contribution in [-0.4, -0.2) is 69.1 Å². The maximum atomic E-state index is 12.2. The molecule has 0 saturated heterocycles. The second-order valence-corrected chi connectivity index (χ2v) is 9.46. The van der Waals surface area contributed by atoms with E-state index in [1.54, 1.807) is 24.3 Å². The average molecular weight is 478 g/mol. The number of carbonyl (C=O) groups excluding carboxylic acids is 1. The van der Waals surface area contributed by atoms with Crippen molar-refractivity contribution in [3.8, 4) is 0 Å². The number of benzene rings is 2. The maximum absolute atomic E-state index is 12.2. The number of nitrogens with one attached hydrogen (secondary N) is 1. The number of amides is 1. The number of azo groups is 1. The number of ether oxygens (including phenoxy) is 1. The molecule has 0 heterocycles. The number of hydrogen-bond donors (Lipinski definition) is 3. The first kappa shape index (κ1) is 26.6. The van der Waals surface area contributed by atoms with Crippen molar-refractivity contribution >= 4 is 30.6 Å². The summed E-state index contributed by atoms with van der Waals surface area (Å²) in [5.41, 5.74) is 2.96. The molecule has 2 atom stereocenters. The highest BCUT2D eigenvalue weighted by atomic mass is 31.2. The zero-order chi connectivity index (χ0) is 24.3. The Hall–Kier alpha value is -2.62. The van der Waals surface area contributed by atoms with Crippen LogP contribution in [0.5, 0.6) is 0 Å². The molecule has 2 unspecified atom stereocenters. The van der Waals surface area contributed by atoms with E-state index in [-0.39, 0.29) is 19.1 Å². The Morgan fingerprint density at radius 3 is 2.18 bits per heavy atom. The predicted molar refractivity (Wildman–Crippen MR) is 127 cm³/mol. The van der Waals surface area contributed by atoms with Crippen LogP contribution in [0.2, 0.25) is 0 Å². The van der Waals surface area contributed by atoms with Crippen LogP contribution in [0, 0.1) is 0 Å². The minimum absolute atomic E-state index is 0.0240. The lowest BCUT2D eigenvalue weighted by Gasteiger charge is -2.13. The summed E-state index contributed by atoms with van der Waals surface area (Å²) in [6.45, 7) is 1.46. The van der Waals surface area contributed by atoms with Gasteiger partial charge in [0.05, 0.1) is 24.6 Å². The van der Waals surface area contributed by atoms with Gasteiger partial charge < -0.3 is 29.5 Å². The normalized spacial score (nSPS) is 14.1. The van der Waals surface area contributed by atoms with Crippen LogP contribution in [0.4, 0.5) is 17.1 Å². The van der Waals surface area contributed by atoms with Crippen molar-refractivity contribution in [2.24, 2.45) is 10.2 Å². The Morgan fingerprint density at radius 2 is 1.64 bits per heavy atom. The third kappa shape index (κ3) is 10.7. The molecule has 0 aliphatic carbocycles. The highest BCUT2D eigenvalue weighted by Crippen LogP contribution is 2.36. The Labute approximate surface area is 193 Å². The van der Waals surface area contributed by atoms with E-state index in [4.69, 9.17) is 9.63 Å². The lowest BCUT2D eigenvalue weighted by Crippen LogP contribution is -2.26. The molecule has 11 heteroatoms. The third-order valence-electron chi connectivity index (χ3n) is 4.34. The van der Waals surface area contributed by atoms with Crippen LogP contribution in [0.1, 0.15) is 16.8 Å². The van der Waals surface area contributed by atoms with Crippen LogP contribution in [0.15, 0.2) is 58.8 Å². The first-order valence-electron chi connectivity index (χ1n) is 10.4. The molecular formula is C22H31N4O6P. The summed E-state index contributed by atoms with van der Waals surface area (Å²) in [5, 5.41) is 20.8. The summed E-state index contributed by atoms with van der Waals surface area (Å²) in [7, 11) is 0.329. The van der Waals surface area contributed by atoms with E-state index in [1.165, 1.54) is 0 Å². The lowest BCUT2D eigenvalue weighted by atomic mass is 10.2. The smallest absolute Gasteiger partial charge is 0.325 e. The zero-order valence-corrected chi connectivity index (χ0v) is 19.9. The number of rotatable bonds is 13. The van der Waals surface area contributed by atoms with E-state index in [0.29, 0.717) is 30.8 Å². The Bertz CT molecular complexity index is 944. The summed E-state index contributed by atoms with van der Waals surface area (Å²) in [6, 6.07) is 14.5. The van der Waals surface area contributed by atoms with Gasteiger partial charge in [-0.15, -0.1) is 0 Å². The highest BCUT2D eigenvalue weighted by Gasteiger charge is 2.13. The number of aliphatic hydroxyl groups excluding tert-OH is 1. The molecule has 33 heavy (non-hydrogen) atoms. The van der Waals surface area contributed by atoms with Gasteiger partial charge in [-0.2, -0.15) is 10.2 Å². The molecular weight excluding hydrogens is 447 g/mol. The molecule has 180 valence electrons. The van der Waals surface area contributed by atoms with Crippen molar-refractivity contribution in [2.45, 2.75) is 12.5 Å². The molecule has 2 aromatic rings. The van der Waals surface area contributed by atoms with Crippen LogP contribution in [0.3, 0.4) is 0 Å². The van der Waals surface area contributed by atoms with Gasteiger partial charge in [0.2, 0.25) is 0 Å². The molecule has 0 aromatic heterocycles. The molecule has 1 amide bonds. The third-order valence-corrected chi connectivity index (χ3v) is 4.97. The topological polar surface area (TPSA) is 133 Å². The van der Waals surface area contributed by atoms with E-state index < -0.39 is 13.7 Å². The van der Waals surface area contributed by atoms with Crippen LogP contribution >= 0.6 is 7.60 Å². The van der Waals surface area contributed by atoms with Crippen molar-refractivity contribution in [3.63, 3.8) is 0 Å². The Morgan fingerprint density at radius 1 is 1.06 bits per heavy atom. The molecule has 2 rings (SSSR count). The molecule has 0 aliphatic rings. The van der Waals surface area contributed by atoms with Gasteiger partial charge >= 0.3 is 7.60 Å². The number of aliphatic hydroxyl groups is 1. The molecule has 0 aliphatic heterocycles. The summed E-state index contributed by atoms with van der Waals surface area (Å²) in [6.07, 6.45) is -0.446. The Balaban J connectivity index is 1.67. The summed E-state index contributed by atoms with van der Waals surface area (Å²) < 4.78 is 20.9. The molecule has 0 spiro atoms. The molecule has 0 fully saturated rings. The minimum Gasteiger partial charge on any atom is -0.388 e. The molecule has 10 nitrogen and oxygen atoms in total. The molecule has 0 bridgehead atoms. The maximum Gasteiger partial charge on any atom is 0.325 e. The van der Waals surface area contributed by atoms with Gasteiger partial charge in [0, 0.05) is 45.2 Å². The van der Waals surface area contributed by atoms with E-state index >= 15 is 0 Å². The number of hydrogen-bond acceptors (Lipinski definition) is 8. The van der Waals surface area contributed by atoms with Crippen LogP contribution < -0.4 is 10.2 Å². The number of nitrogens with zero attached hydrogens (tertiary/aromatic N) is 3. The van der Waals surface area contributed by atoms with E-state index in [9.17, 15) is 14.5 Å². The first-order chi connectivity index (χ1) is 15.6. The number of anilines is 1.